The molecule has 27 heavy (non-hydrogen) atoms. The molecular weight excluding hydrogens is 357 g/mol. The van der Waals surface area contributed by atoms with Crippen LogP contribution in [-0.4, -0.2) is 24.1 Å². The third kappa shape index (κ3) is 8.22. The van der Waals surface area contributed by atoms with E-state index in [9.17, 15) is 18.0 Å². The number of aryl methyl sites for hydroxylation is 1. The Labute approximate surface area is 160 Å². The molecule has 1 aromatic rings. The first-order valence-corrected chi connectivity index (χ1v) is 9.36. The molecule has 0 saturated heterocycles. The van der Waals surface area contributed by atoms with Crippen LogP contribution in [0.5, 0.6) is 5.75 Å². The molecule has 3 nitrogen and oxygen atoms in total. The Kier molecular flexibility index (Phi) is 8.18. The lowest BCUT2D eigenvalue weighted by Gasteiger charge is -2.17. The molecule has 0 bridgehead atoms. The minimum Gasteiger partial charge on any atom is -0.493 e. The molecule has 2 unspecified atom stereocenters. The zero-order valence-corrected chi connectivity index (χ0v) is 17.1. The molecule has 0 N–H and O–H groups in total. The van der Waals surface area contributed by atoms with Crippen molar-refractivity contribution in [3.8, 4) is 5.75 Å². The predicted octanol–water partition coefficient (Wildman–Crippen LogP) is 6.05. The number of hydrogen-bond acceptors (Lipinski definition) is 3. The molecule has 2 rings (SSSR count). The second-order valence-corrected chi connectivity index (χ2v) is 7.77. The molecule has 1 fully saturated rings. The summed E-state index contributed by atoms with van der Waals surface area (Å²) in [5, 5.41) is 0. The van der Waals surface area contributed by atoms with Crippen molar-refractivity contribution in [3.63, 3.8) is 0 Å². The van der Waals surface area contributed by atoms with Crippen molar-refractivity contribution in [1.29, 1.82) is 0 Å². The molecular formula is C21H31F3O3. The number of benzene rings is 1. The molecule has 1 saturated carbocycles. The van der Waals surface area contributed by atoms with Gasteiger partial charge in [0, 0.05) is 13.3 Å². The Morgan fingerprint density at radius 1 is 1.30 bits per heavy atom. The van der Waals surface area contributed by atoms with Crippen LogP contribution in [0.2, 0.25) is 0 Å². The van der Waals surface area contributed by atoms with Gasteiger partial charge in [-0.05, 0) is 56.9 Å². The van der Waals surface area contributed by atoms with Gasteiger partial charge >= 0.3 is 5.97 Å². The first-order chi connectivity index (χ1) is 12.4. The molecule has 154 valence electrons. The molecule has 0 radical (unpaired) electrons. The summed E-state index contributed by atoms with van der Waals surface area (Å²) in [5.41, 5.74) is 1.23. The van der Waals surface area contributed by atoms with E-state index < -0.39 is 18.0 Å². The van der Waals surface area contributed by atoms with Gasteiger partial charge in [-0.25, -0.2) is 13.2 Å². The lowest BCUT2D eigenvalue weighted by molar-refractivity contribution is -0.151. The summed E-state index contributed by atoms with van der Waals surface area (Å²) >= 11 is 0. The molecule has 1 aliphatic carbocycles. The van der Waals surface area contributed by atoms with Crippen LogP contribution in [0, 0.1) is 5.92 Å². The Morgan fingerprint density at radius 2 is 1.89 bits per heavy atom. The topological polar surface area (TPSA) is 35.5 Å². The summed E-state index contributed by atoms with van der Waals surface area (Å²) < 4.78 is 49.5. The number of halogens is 3. The SMILES string of the molecule is CC(=O)OC(C)(C)C.CCc1ccc(OCC2CC2(F)F)cc1C(F)CC. The molecule has 1 aliphatic rings. The van der Waals surface area contributed by atoms with Crippen molar-refractivity contribution in [1.82, 2.24) is 0 Å². The van der Waals surface area contributed by atoms with Gasteiger partial charge in [0.1, 0.15) is 17.5 Å². The number of rotatable bonds is 6. The summed E-state index contributed by atoms with van der Waals surface area (Å²) in [5.74, 6) is -3.00. The minimum absolute atomic E-state index is 0.000981. The average Bonchev–Trinajstić information content (AvgIpc) is 3.17. The standard InChI is InChI=1S/C15H19F3O.C6H12O2/c1-3-10-5-6-12(7-13(10)14(16)4-2)19-9-11-8-15(11,17)18;1-5(7)8-6(2,3)4/h5-7,11,14H,3-4,8-9H2,1-2H3;1-4H3. The van der Waals surface area contributed by atoms with E-state index in [2.05, 4.69) is 0 Å². The summed E-state index contributed by atoms with van der Waals surface area (Å²) in [7, 11) is 0. The first kappa shape index (κ1) is 23.3. The molecule has 0 heterocycles. The molecule has 0 aliphatic heterocycles. The van der Waals surface area contributed by atoms with Gasteiger partial charge in [-0.1, -0.05) is 19.9 Å². The van der Waals surface area contributed by atoms with E-state index in [1.807, 2.05) is 33.8 Å². The fourth-order valence-electron chi connectivity index (χ4n) is 2.57. The summed E-state index contributed by atoms with van der Waals surface area (Å²) in [4.78, 5) is 10.2. The quantitative estimate of drug-likeness (QED) is 0.556. The van der Waals surface area contributed by atoms with Gasteiger partial charge in [-0.15, -0.1) is 0 Å². The molecule has 1 aromatic carbocycles. The van der Waals surface area contributed by atoms with E-state index in [0.717, 1.165) is 12.0 Å². The minimum atomic E-state index is -2.57. The summed E-state index contributed by atoms with van der Waals surface area (Å²) in [6.45, 7) is 10.7. The van der Waals surface area contributed by atoms with Crippen LogP contribution in [0.25, 0.3) is 0 Å². The van der Waals surface area contributed by atoms with E-state index in [0.29, 0.717) is 17.7 Å². The normalized spacial score (nSPS) is 18.8. The third-order valence-corrected chi connectivity index (χ3v) is 4.05. The van der Waals surface area contributed by atoms with Gasteiger partial charge in [0.05, 0.1) is 12.5 Å². The second-order valence-electron chi connectivity index (χ2n) is 7.77. The van der Waals surface area contributed by atoms with E-state index in [1.54, 1.807) is 19.1 Å². The average molecular weight is 388 g/mol. The Morgan fingerprint density at radius 3 is 2.26 bits per heavy atom. The van der Waals surface area contributed by atoms with Crippen molar-refractivity contribution in [2.24, 2.45) is 5.92 Å². The van der Waals surface area contributed by atoms with Crippen LogP contribution in [0.3, 0.4) is 0 Å². The predicted molar refractivity (Wildman–Crippen MR) is 100 cm³/mol. The number of esters is 1. The van der Waals surface area contributed by atoms with Gasteiger partial charge < -0.3 is 9.47 Å². The van der Waals surface area contributed by atoms with Gasteiger partial charge in [-0.3, -0.25) is 4.79 Å². The monoisotopic (exact) mass is 388 g/mol. The van der Waals surface area contributed by atoms with Crippen LogP contribution in [0.15, 0.2) is 18.2 Å². The van der Waals surface area contributed by atoms with Gasteiger partial charge in [-0.2, -0.15) is 0 Å². The highest BCUT2D eigenvalue weighted by Crippen LogP contribution is 2.48. The lowest BCUT2D eigenvalue weighted by atomic mass is 9.99. The maximum absolute atomic E-state index is 13.9. The van der Waals surface area contributed by atoms with Crippen LogP contribution in [0.4, 0.5) is 13.2 Å². The molecule has 2 atom stereocenters. The Balaban J connectivity index is 0.000000387. The van der Waals surface area contributed by atoms with Crippen molar-refractivity contribution in [3.05, 3.63) is 29.3 Å². The largest absolute Gasteiger partial charge is 0.493 e. The first-order valence-electron chi connectivity index (χ1n) is 9.36. The molecule has 0 spiro atoms. The van der Waals surface area contributed by atoms with E-state index >= 15 is 0 Å². The van der Waals surface area contributed by atoms with E-state index in [-0.39, 0.29) is 24.6 Å². The fourth-order valence-corrected chi connectivity index (χ4v) is 2.57. The second kappa shape index (κ2) is 9.47. The van der Waals surface area contributed by atoms with Crippen molar-refractivity contribution < 1.29 is 27.4 Å². The molecule has 0 aromatic heterocycles. The van der Waals surface area contributed by atoms with Crippen LogP contribution >= 0.6 is 0 Å². The maximum atomic E-state index is 13.9. The maximum Gasteiger partial charge on any atom is 0.303 e. The van der Waals surface area contributed by atoms with Crippen molar-refractivity contribution in [2.45, 2.75) is 78.5 Å². The number of ether oxygens (including phenoxy) is 2. The number of alkyl halides is 3. The van der Waals surface area contributed by atoms with Gasteiger partial charge in [0.15, 0.2) is 0 Å². The van der Waals surface area contributed by atoms with E-state index in [4.69, 9.17) is 9.47 Å². The highest BCUT2D eigenvalue weighted by atomic mass is 19.3. The Bertz CT molecular complexity index is 624. The fraction of sp³-hybridized carbons (Fsp3) is 0.667. The summed E-state index contributed by atoms with van der Waals surface area (Å²) in [6.07, 6.45) is 0.0162. The number of carbonyl (C=O) groups excluding carboxylic acids is 1. The van der Waals surface area contributed by atoms with Crippen LogP contribution in [0.1, 0.15) is 71.7 Å². The summed E-state index contributed by atoms with van der Waals surface area (Å²) in [6, 6.07) is 5.19. The van der Waals surface area contributed by atoms with Gasteiger partial charge in [0.25, 0.3) is 5.92 Å². The van der Waals surface area contributed by atoms with Crippen LogP contribution in [-0.2, 0) is 16.0 Å². The third-order valence-electron chi connectivity index (χ3n) is 4.05. The van der Waals surface area contributed by atoms with Crippen molar-refractivity contribution >= 4 is 5.97 Å². The zero-order valence-electron chi connectivity index (χ0n) is 17.1. The van der Waals surface area contributed by atoms with Gasteiger partial charge in [0.2, 0.25) is 0 Å². The molecule has 6 heteroatoms. The van der Waals surface area contributed by atoms with Crippen molar-refractivity contribution in [2.75, 3.05) is 6.61 Å². The number of hydrogen-bond donors (Lipinski definition) is 0. The lowest BCUT2D eigenvalue weighted by Crippen LogP contribution is -2.21. The smallest absolute Gasteiger partial charge is 0.303 e. The zero-order chi connectivity index (χ0) is 20.8. The van der Waals surface area contributed by atoms with E-state index in [1.165, 1.54) is 6.92 Å². The van der Waals surface area contributed by atoms with Crippen LogP contribution < -0.4 is 4.74 Å². The highest BCUT2D eigenvalue weighted by molar-refractivity contribution is 5.66. The molecule has 0 amide bonds. The Hall–Kier alpha value is -1.72. The highest BCUT2D eigenvalue weighted by Gasteiger charge is 2.57. The number of carbonyl (C=O) groups is 1.